The highest BCUT2D eigenvalue weighted by Crippen LogP contribution is 2.21. The van der Waals surface area contributed by atoms with Crippen LogP contribution in [0.25, 0.3) is 0 Å². The van der Waals surface area contributed by atoms with Crippen LogP contribution in [0.15, 0.2) is 35.4 Å². The van der Waals surface area contributed by atoms with Gasteiger partial charge in [0.15, 0.2) is 0 Å². The van der Waals surface area contributed by atoms with Gasteiger partial charge >= 0.3 is 0 Å². The van der Waals surface area contributed by atoms with Crippen molar-refractivity contribution in [3.8, 4) is 5.75 Å². The van der Waals surface area contributed by atoms with Crippen LogP contribution in [-0.2, 0) is 4.79 Å². The third kappa shape index (κ3) is 4.83. The van der Waals surface area contributed by atoms with E-state index in [1.807, 2.05) is 32.9 Å². The van der Waals surface area contributed by atoms with Gasteiger partial charge in [0, 0.05) is 11.3 Å². The fourth-order valence-corrected chi connectivity index (χ4v) is 2.81. The van der Waals surface area contributed by atoms with Crippen LogP contribution in [0.4, 0.5) is 5.69 Å². The minimum atomic E-state index is -0.245. The predicted octanol–water partition coefficient (Wildman–Crippen LogP) is 3.58. The van der Waals surface area contributed by atoms with Crippen molar-refractivity contribution < 1.29 is 9.90 Å². The first-order chi connectivity index (χ1) is 11.8. The largest absolute Gasteiger partial charge is 0.507 e. The zero-order valence-corrected chi connectivity index (χ0v) is 15.4. The van der Waals surface area contributed by atoms with Crippen molar-refractivity contribution in [2.75, 3.05) is 11.9 Å². The summed E-state index contributed by atoms with van der Waals surface area (Å²) in [5.41, 5.74) is 9.08. The summed E-state index contributed by atoms with van der Waals surface area (Å²) < 4.78 is 0. The molecule has 2 rings (SSSR count). The van der Waals surface area contributed by atoms with Gasteiger partial charge in [-0.15, -0.1) is 0 Å². The number of nitrogens with zero attached hydrogens (tertiary/aromatic N) is 1. The number of aromatic hydroxyl groups is 1. The van der Waals surface area contributed by atoms with Gasteiger partial charge < -0.3 is 10.4 Å². The zero-order valence-electron chi connectivity index (χ0n) is 15.4. The van der Waals surface area contributed by atoms with Crippen LogP contribution in [0.1, 0.15) is 34.7 Å². The van der Waals surface area contributed by atoms with Crippen molar-refractivity contribution in [3.63, 3.8) is 0 Å². The molecule has 2 aromatic rings. The smallest absolute Gasteiger partial charge is 0.259 e. The number of phenols is 1. The van der Waals surface area contributed by atoms with Crippen molar-refractivity contribution in [1.29, 1.82) is 0 Å². The van der Waals surface area contributed by atoms with Crippen molar-refractivity contribution in [3.05, 3.63) is 58.1 Å². The van der Waals surface area contributed by atoms with Gasteiger partial charge in [-0.3, -0.25) is 4.79 Å². The number of hydrazone groups is 1. The van der Waals surface area contributed by atoms with E-state index in [9.17, 15) is 9.90 Å². The molecule has 0 aliphatic rings. The van der Waals surface area contributed by atoms with E-state index in [0.717, 1.165) is 22.4 Å². The molecule has 0 radical (unpaired) electrons. The fraction of sp³-hybridized carbons (Fsp3) is 0.300. The monoisotopic (exact) mass is 339 g/mol. The molecule has 0 atom stereocenters. The normalized spacial score (nSPS) is 11.3. The number of rotatable bonds is 5. The van der Waals surface area contributed by atoms with E-state index in [1.54, 1.807) is 13.0 Å². The van der Waals surface area contributed by atoms with E-state index in [0.29, 0.717) is 11.3 Å². The van der Waals surface area contributed by atoms with Crippen molar-refractivity contribution in [1.82, 2.24) is 5.43 Å². The van der Waals surface area contributed by atoms with Gasteiger partial charge in [-0.1, -0.05) is 29.3 Å². The van der Waals surface area contributed by atoms with Crippen LogP contribution in [0.2, 0.25) is 0 Å². The van der Waals surface area contributed by atoms with Gasteiger partial charge in [-0.05, 0) is 57.9 Å². The van der Waals surface area contributed by atoms with Crippen LogP contribution in [0, 0.1) is 27.7 Å². The predicted molar refractivity (Wildman–Crippen MR) is 102 cm³/mol. The number of benzene rings is 2. The van der Waals surface area contributed by atoms with Crippen LogP contribution < -0.4 is 10.7 Å². The Bertz CT molecular complexity index is 803. The molecule has 132 valence electrons. The van der Waals surface area contributed by atoms with Crippen molar-refractivity contribution in [2.24, 2.45) is 5.10 Å². The van der Waals surface area contributed by atoms with E-state index in [1.165, 1.54) is 5.56 Å². The number of phenolic OH excluding ortho intramolecular Hbond substituents is 1. The molecule has 5 heteroatoms. The molecule has 0 saturated heterocycles. The lowest BCUT2D eigenvalue weighted by Gasteiger charge is -2.13. The summed E-state index contributed by atoms with van der Waals surface area (Å²) >= 11 is 0. The maximum Gasteiger partial charge on any atom is 0.259 e. The molecule has 0 fully saturated rings. The summed E-state index contributed by atoms with van der Waals surface area (Å²) in [7, 11) is 0. The van der Waals surface area contributed by atoms with E-state index in [2.05, 4.69) is 34.9 Å². The average Bonchev–Trinajstić information content (AvgIpc) is 2.53. The zero-order chi connectivity index (χ0) is 18.6. The van der Waals surface area contributed by atoms with Gasteiger partial charge in [-0.25, -0.2) is 5.43 Å². The highest BCUT2D eigenvalue weighted by Gasteiger charge is 2.08. The topological polar surface area (TPSA) is 73.7 Å². The molecule has 25 heavy (non-hydrogen) atoms. The van der Waals surface area contributed by atoms with Gasteiger partial charge in [0.05, 0.1) is 12.3 Å². The van der Waals surface area contributed by atoms with Crippen LogP contribution >= 0.6 is 0 Å². The lowest BCUT2D eigenvalue weighted by molar-refractivity contribution is -0.119. The molecular formula is C20H25N3O2. The summed E-state index contributed by atoms with van der Waals surface area (Å²) in [5, 5.41) is 17.1. The van der Waals surface area contributed by atoms with E-state index < -0.39 is 0 Å². The second-order valence-electron chi connectivity index (χ2n) is 6.38. The molecule has 0 bridgehead atoms. The SMILES string of the molecule is C/C(=N\NC(=O)CNc1c(C)cc(C)cc1C)c1cc(C)ccc1O. The number of amides is 1. The number of hydrogen-bond donors (Lipinski definition) is 3. The summed E-state index contributed by atoms with van der Waals surface area (Å²) in [4.78, 5) is 12.1. The third-order valence-electron chi connectivity index (χ3n) is 3.99. The third-order valence-corrected chi connectivity index (χ3v) is 3.99. The lowest BCUT2D eigenvalue weighted by Crippen LogP contribution is -2.27. The highest BCUT2D eigenvalue weighted by molar-refractivity contribution is 6.01. The van der Waals surface area contributed by atoms with Crippen molar-refractivity contribution >= 4 is 17.3 Å². The Morgan fingerprint density at radius 2 is 1.68 bits per heavy atom. The van der Waals surface area contributed by atoms with Crippen molar-refractivity contribution in [2.45, 2.75) is 34.6 Å². The first-order valence-electron chi connectivity index (χ1n) is 8.22. The molecule has 0 spiro atoms. The number of carbonyl (C=O) groups is 1. The number of hydrogen-bond acceptors (Lipinski definition) is 4. The number of nitrogens with one attached hydrogen (secondary N) is 2. The van der Waals surface area contributed by atoms with Gasteiger partial charge in [0.25, 0.3) is 5.91 Å². The number of carbonyl (C=O) groups excluding carboxylic acids is 1. The molecule has 0 aromatic heterocycles. The van der Waals surface area contributed by atoms with Crippen LogP contribution in [-0.4, -0.2) is 23.3 Å². The second kappa shape index (κ2) is 7.83. The summed E-state index contributed by atoms with van der Waals surface area (Å²) in [5.74, 6) is -0.101. The first-order valence-corrected chi connectivity index (χ1v) is 8.22. The maximum atomic E-state index is 12.1. The average molecular weight is 339 g/mol. The Labute approximate surface area is 148 Å². The minimum Gasteiger partial charge on any atom is -0.507 e. The maximum absolute atomic E-state index is 12.1. The molecule has 5 nitrogen and oxygen atoms in total. The molecule has 2 aromatic carbocycles. The number of aryl methyl sites for hydroxylation is 4. The Kier molecular flexibility index (Phi) is 5.80. The molecule has 0 saturated carbocycles. The van der Waals surface area contributed by atoms with Gasteiger partial charge in [-0.2, -0.15) is 5.10 Å². The minimum absolute atomic E-state index is 0.126. The Morgan fingerprint density at radius 1 is 1.04 bits per heavy atom. The molecule has 1 amide bonds. The fourth-order valence-electron chi connectivity index (χ4n) is 2.81. The molecule has 0 aliphatic heterocycles. The molecular weight excluding hydrogens is 314 g/mol. The first kappa shape index (κ1) is 18.5. The molecule has 0 heterocycles. The standard InChI is InChI=1S/C20H25N3O2/c1-12-6-7-18(24)17(10-12)16(5)22-23-19(25)11-21-20-14(3)8-13(2)9-15(20)4/h6-10,21,24H,11H2,1-5H3,(H,23,25)/b22-16+. The summed E-state index contributed by atoms with van der Waals surface area (Å²) in [6.45, 7) is 9.89. The quantitative estimate of drug-likeness (QED) is 0.576. The number of anilines is 1. The van der Waals surface area contributed by atoms with E-state index >= 15 is 0 Å². The second-order valence-corrected chi connectivity index (χ2v) is 6.38. The summed E-state index contributed by atoms with van der Waals surface area (Å²) in [6.07, 6.45) is 0. The van der Waals surface area contributed by atoms with Crippen LogP contribution in [0.3, 0.4) is 0 Å². The Morgan fingerprint density at radius 3 is 2.32 bits per heavy atom. The highest BCUT2D eigenvalue weighted by atomic mass is 16.3. The lowest BCUT2D eigenvalue weighted by atomic mass is 10.1. The Balaban J connectivity index is 2.00. The molecule has 0 aliphatic carbocycles. The Hall–Kier alpha value is -2.82. The van der Waals surface area contributed by atoms with Crippen LogP contribution in [0.5, 0.6) is 5.75 Å². The van der Waals surface area contributed by atoms with Gasteiger partial charge in [0.2, 0.25) is 0 Å². The summed E-state index contributed by atoms with van der Waals surface area (Å²) in [6, 6.07) is 9.43. The molecule has 3 N–H and O–H groups in total. The van der Waals surface area contributed by atoms with E-state index in [-0.39, 0.29) is 18.2 Å². The van der Waals surface area contributed by atoms with Gasteiger partial charge in [0.1, 0.15) is 5.75 Å². The van der Waals surface area contributed by atoms with E-state index in [4.69, 9.17) is 0 Å². The molecule has 0 unspecified atom stereocenters.